The number of ether oxygens (including phenoxy) is 1. The number of nitrogens with one attached hydrogen (secondary N) is 1. The van der Waals surface area contributed by atoms with E-state index in [4.69, 9.17) is 9.84 Å². The van der Waals surface area contributed by atoms with E-state index in [1.54, 1.807) is 0 Å². The lowest BCUT2D eigenvalue weighted by Crippen LogP contribution is -2.29. The van der Waals surface area contributed by atoms with E-state index in [0.29, 0.717) is 13.0 Å². The van der Waals surface area contributed by atoms with Gasteiger partial charge in [0, 0.05) is 6.54 Å². The van der Waals surface area contributed by atoms with E-state index in [9.17, 15) is 9.59 Å². The highest BCUT2D eigenvalue weighted by Gasteiger charge is 2.06. The Morgan fingerprint density at radius 3 is 2.58 bits per heavy atom. The van der Waals surface area contributed by atoms with Crippen LogP contribution in [-0.4, -0.2) is 36.7 Å². The maximum Gasteiger partial charge on any atom is 0.329 e. The van der Waals surface area contributed by atoms with Gasteiger partial charge < -0.3 is 15.2 Å². The van der Waals surface area contributed by atoms with Crippen LogP contribution < -0.4 is 5.32 Å². The highest BCUT2D eigenvalue weighted by Crippen LogP contribution is 2.09. The van der Waals surface area contributed by atoms with Crippen molar-refractivity contribution in [2.45, 2.75) is 19.8 Å². The average Bonchev–Trinajstić information content (AvgIpc) is 2.38. The number of rotatable bonds is 8. The third-order valence-electron chi connectivity index (χ3n) is 2.64. The third-order valence-corrected chi connectivity index (χ3v) is 2.64. The van der Waals surface area contributed by atoms with E-state index in [1.165, 1.54) is 5.56 Å². The van der Waals surface area contributed by atoms with Crippen molar-refractivity contribution in [2.75, 3.05) is 19.8 Å². The van der Waals surface area contributed by atoms with Crippen LogP contribution in [0.5, 0.6) is 0 Å². The normalized spacial score (nSPS) is 10.2. The van der Waals surface area contributed by atoms with Crippen LogP contribution in [0.2, 0.25) is 0 Å². The molecule has 0 fully saturated rings. The monoisotopic (exact) mass is 265 g/mol. The van der Waals surface area contributed by atoms with Crippen molar-refractivity contribution in [1.82, 2.24) is 5.32 Å². The molecular formula is C14H19NO4. The maximum atomic E-state index is 11.7. The van der Waals surface area contributed by atoms with Crippen molar-refractivity contribution in [3.63, 3.8) is 0 Å². The van der Waals surface area contributed by atoms with Crippen molar-refractivity contribution < 1.29 is 19.4 Å². The first kappa shape index (κ1) is 15.2. The van der Waals surface area contributed by atoms with Gasteiger partial charge in [0.2, 0.25) is 5.91 Å². The first-order chi connectivity index (χ1) is 9.13. The van der Waals surface area contributed by atoms with Gasteiger partial charge in [-0.25, -0.2) is 4.79 Å². The summed E-state index contributed by atoms with van der Waals surface area (Å²) in [6.45, 7) is 2.24. The van der Waals surface area contributed by atoms with Gasteiger partial charge in [-0.3, -0.25) is 4.79 Å². The molecule has 5 heteroatoms. The third kappa shape index (κ3) is 6.01. The Hall–Kier alpha value is -1.88. The van der Waals surface area contributed by atoms with Gasteiger partial charge in [-0.05, 0) is 17.5 Å². The molecule has 0 heterocycles. The molecule has 0 aromatic heterocycles. The zero-order valence-electron chi connectivity index (χ0n) is 11.0. The minimum absolute atomic E-state index is 0.0835. The number of carbonyl (C=O) groups excluding carboxylic acids is 1. The Morgan fingerprint density at radius 2 is 1.95 bits per heavy atom. The number of amides is 1. The SMILES string of the molecule is CCc1ccccc1CC(=O)NCCOCC(=O)O. The zero-order valence-corrected chi connectivity index (χ0v) is 11.0. The van der Waals surface area contributed by atoms with Crippen molar-refractivity contribution in [3.8, 4) is 0 Å². The Labute approximate surface area is 112 Å². The van der Waals surface area contributed by atoms with E-state index in [2.05, 4.69) is 12.2 Å². The van der Waals surface area contributed by atoms with Crippen LogP contribution in [0.1, 0.15) is 18.1 Å². The lowest BCUT2D eigenvalue weighted by atomic mass is 10.0. The fraction of sp³-hybridized carbons (Fsp3) is 0.429. The molecule has 0 atom stereocenters. The summed E-state index contributed by atoms with van der Waals surface area (Å²) in [6.07, 6.45) is 1.23. The number of aliphatic carboxylic acids is 1. The van der Waals surface area contributed by atoms with Gasteiger partial charge in [0.05, 0.1) is 13.0 Å². The van der Waals surface area contributed by atoms with Gasteiger partial charge >= 0.3 is 5.97 Å². The largest absolute Gasteiger partial charge is 0.480 e. The maximum absolute atomic E-state index is 11.7. The first-order valence-corrected chi connectivity index (χ1v) is 6.26. The summed E-state index contributed by atoms with van der Waals surface area (Å²) in [5.74, 6) is -1.09. The van der Waals surface area contributed by atoms with Crippen molar-refractivity contribution >= 4 is 11.9 Å². The molecule has 0 aliphatic heterocycles. The molecule has 5 nitrogen and oxygen atoms in total. The molecule has 1 aromatic rings. The Morgan fingerprint density at radius 1 is 1.26 bits per heavy atom. The molecule has 0 aliphatic carbocycles. The number of benzene rings is 1. The highest BCUT2D eigenvalue weighted by atomic mass is 16.5. The molecule has 104 valence electrons. The summed E-state index contributed by atoms with van der Waals surface area (Å²) in [7, 11) is 0. The van der Waals surface area contributed by atoms with Crippen molar-refractivity contribution in [2.24, 2.45) is 0 Å². The molecule has 1 aromatic carbocycles. The minimum atomic E-state index is -1.01. The second-order valence-electron chi connectivity index (χ2n) is 4.10. The van der Waals surface area contributed by atoms with Gasteiger partial charge in [0.1, 0.15) is 6.61 Å². The molecule has 0 saturated heterocycles. The van der Waals surface area contributed by atoms with Crippen LogP contribution in [0.3, 0.4) is 0 Å². The summed E-state index contributed by atoms with van der Waals surface area (Å²) in [5, 5.41) is 11.1. The summed E-state index contributed by atoms with van der Waals surface area (Å²) in [4.78, 5) is 21.9. The van der Waals surface area contributed by atoms with E-state index >= 15 is 0 Å². The molecule has 0 saturated carbocycles. The van der Waals surface area contributed by atoms with Gasteiger partial charge in [-0.2, -0.15) is 0 Å². The molecule has 0 radical (unpaired) electrons. The second kappa shape index (κ2) is 8.26. The molecule has 1 amide bonds. The summed E-state index contributed by atoms with van der Waals surface area (Å²) < 4.78 is 4.83. The Balaban J connectivity index is 2.29. The van der Waals surface area contributed by atoms with Crippen LogP contribution in [0.25, 0.3) is 0 Å². The topological polar surface area (TPSA) is 75.6 Å². The molecule has 0 unspecified atom stereocenters. The van der Waals surface area contributed by atoms with Crippen molar-refractivity contribution in [1.29, 1.82) is 0 Å². The summed E-state index contributed by atoms with van der Waals surface area (Å²) in [6, 6.07) is 7.83. The fourth-order valence-corrected chi connectivity index (χ4v) is 1.73. The second-order valence-corrected chi connectivity index (χ2v) is 4.10. The lowest BCUT2D eigenvalue weighted by Gasteiger charge is -2.08. The molecule has 1 rings (SSSR count). The van der Waals surface area contributed by atoms with Gasteiger partial charge in [-0.15, -0.1) is 0 Å². The molecule has 19 heavy (non-hydrogen) atoms. The number of carboxylic acid groups (broad SMARTS) is 1. The summed E-state index contributed by atoms with van der Waals surface area (Å²) in [5.41, 5.74) is 2.19. The van der Waals surface area contributed by atoms with Crippen LogP contribution in [0.4, 0.5) is 0 Å². The van der Waals surface area contributed by atoms with Gasteiger partial charge in [-0.1, -0.05) is 31.2 Å². The van der Waals surface area contributed by atoms with Gasteiger partial charge in [0.15, 0.2) is 0 Å². The average molecular weight is 265 g/mol. The zero-order chi connectivity index (χ0) is 14.1. The summed E-state index contributed by atoms with van der Waals surface area (Å²) >= 11 is 0. The standard InChI is InChI=1S/C14H19NO4/c1-2-11-5-3-4-6-12(11)9-13(16)15-7-8-19-10-14(17)18/h3-6H,2,7-10H2,1H3,(H,15,16)(H,17,18). The van der Waals surface area contributed by atoms with Crippen molar-refractivity contribution in [3.05, 3.63) is 35.4 Å². The van der Waals surface area contributed by atoms with E-state index in [0.717, 1.165) is 12.0 Å². The quantitative estimate of drug-likeness (QED) is 0.688. The van der Waals surface area contributed by atoms with Crippen LogP contribution in [-0.2, 0) is 27.2 Å². The Bertz CT molecular complexity index is 431. The predicted octanol–water partition coefficient (Wildman–Crippen LogP) is 1.01. The fourth-order valence-electron chi connectivity index (χ4n) is 1.73. The minimum Gasteiger partial charge on any atom is -0.480 e. The number of carboxylic acids is 1. The lowest BCUT2D eigenvalue weighted by molar-refractivity contribution is -0.142. The number of hydrogen-bond acceptors (Lipinski definition) is 3. The first-order valence-electron chi connectivity index (χ1n) is 6.26. The van der Waals surface area contributed by atoms with Crippen LogP contribution in [0, 0.1) is 0 Å². The van der Waals surface area contributed by atoms with E-state index in [-0.39, 0.29) is 19.1 Å². The Kier molecular flexibility index (Phi) is 6.60. The number of carbonyl (C=O) groups is 2. The molecule has 0 spiro atoms. The molecule has 0 bridgehead atoms. The smallest absolute Gasteiger partial charge is 0.329 e. The van der Waals surface area contributed by atoms with Crippen LogP contribution >= 0.6 is 0 Å². The number of aryl methyl sites for hydroxylation is 1. The molecule has 0 aliphatic rings. The van der Waals surface area contributed by atoms with Crippen LogP contribution in [0.15, 0.2) is 24.3 Å². The highest BCUT2D eigenvalue weighted by molar-refractivity contribution is 5.78. The molecule has 2 N–H and O–H groups in total. The predicted molar refractivity (Wildman–Crippen MR) is 71.0 cm³/mol. The molecular weight excluding hydrogens is 246 g/mol. The van der Waals surface area contributed by atoms with E-state index in [1.807, 2.05) is 24.3 Å². The van der Waals surface area contributed by atoms with Gasteiger partial charge in [0.25, 0.3) is 0 Å². The van der Waals surface area contributed by atoms with E-state index < -0.39 is 5.97 Å². The number of hydrogen-bond donors (Lipinski definition) is 2.